The van der Waals surface area contributed by atoms with Crippen LogP contribution in [0, 0.1) is 6.92 Å². The minimum Gasteiger partial charge on any atom is -0.269 e. The lowest BCUT2D eigenvalue weighted by Crippen LogP contribution is -2.25. The average Bonchev–Trinajstić information content (AvgIpc) is 2.69. The molecule has 1 saturated heterocycles. The van der Waals surface area contributed by atoms with Crippen LogP contribution in [-0.2, 0) is 4.89 Å². The standard InChI is InChI=1S/C9H14N2O2S.C4H10O2.CH4/c1-8-3-2-4-9(7-8)11-6-5-10-14(11,12)13;1-4(2,3)6-5;/h2-4,7,10,12-13H,5-6H2,1H3;5H,1-3H3;1H4. The van der Waals surface area contributed by atoms with Crippen LogP contribution in [0.5, 0.6) is 0 Å². The second-order valence-electron chi connectivity index (χ2n) is 5.56. The number of anilines is 1. The Morgan fingerprint density at radius 3 is 2.24 bits per heavy atom. The van der Waals surface area contributed by atoms with Crippen LogP contribution in [0.4, 0.5) is 5.69 Å². The summed E-state index contributed by atoms with van der Waals surface area (Å²) in [4.78, 5) is 3.94. The number of hydrogen-bond donors (Lipinski definition) is 4. The Morgan fingerprint density at radius 1 is 1.29 bits per heavy atom. The molecule has 6 nitrogen and oxygen atoms in total. The van der Waals surface area contributed by atoms with Gasteiger partial charge in [0.15, 0.2) is 0 Å². The second kappa shape index (κ2) is 7.98. The average molecular weight is 320 g/mol. The third kappa shape index (κ3) is 6.64. The van der Waals surface area contributed by atoms with Gasteiger partial charge in [-0.2, -0.15) is 4.72 Å². The van der Waals surface area contributed by atoms with Crippen molar-refractivity contribution in [1.29, 1.82) is 0 Å². The van der Waals surface area contributed by atoms with Gasteiger partial charge in [-0.1, -0.05) is 30.5 Å². The molecule has 0 atom stereocenters. The highest BCUT2D eigenvalue weighted by Crippen LogP contribution is 2.45. The van der Waals surface area contributed by atoms with Crippen molar-refractivity contribution in [3.8, 4) is 0 Å². The van der Waals surface area contributed by atoms with Crippen LogP contribution < -0.4 is 9.03 Å². The lowest BCUT2D eigenvalue weighted by atomic mass is 10.2. The van der Waals surface area contributed by atoms with Crippen LogP contribution in [-0.4, -0.2) is 33.1 Å². The van der Waals surface area contributed by atoms with E-state index in [1.54, 1.807) is 25.1 Å². The topological polar surface area (TPSA) is 85.2 Å². The third-order valence-corrected chi connectivity index (χ3v) is 4.08. The summed E-state index contributed by atoms with van der Waals surface area (Å²) in [5, 5.41) is 7.90. The summed E-state index contributed by atoms with van der Waals surface area (Å²) in [6.07, 6.45) is 0. The fourth-order valence-electron chi connectivity index (χ4n) is 1.55. The zero-order valence-electron chi connectivity index (χ0n) is 12.3. The number of rotatable bonds is 1. The molecule has 1 aliphatic rings. The van der Waals surface area contributed by atoms with Gasteiger partial charge in [0, 0.05) is 6.54 Å². The summed E-state index contributed by atoms with van der Waals surface area (Å²) in [6, 6.07) is 7.73. The van der Waals surface area contributed by atoms with Crippen molar-refractivity contribution in [2.24, 2.45) is 0 Å². The first-order chi connectivity index (χ1) is 9.15. The van der Waals surface area contributed by atoms with E-state index in [-0.39, 0.29) is 7.43 Å². The molecule has 0 amide bonds. The van der Waals surface area contributed by atoms with Crippen LogP contribution in [0.3, 0.4) is 0 Å². The van der Waals surface area contributed by atoms with E-state index in [9.17, 15) is 9.11 Å². The molecule has 1 aliphatic heterocycles. The molecule has 0 unspecified atom stereocenters. The first-order valence-corrected chi connectivity index (χ1v) is 7.86. The quantitative estimate of drug-likeness (QED) is 0.464. The van der Waals surface area contributed by atoms with Crippen LogP contribution in [0.2, 0.25) is 0 Å². The molecule has 0 aliphatic carbocycles. The van der Waals surface area contributed by atoms with E-state index in [1.165, 1.54) is 0 Å². The van der Waals surface area contributed by atoms with Crippen LogP contribution in [0.15, 0.2) is 24.3 Å². The van der Waals surface area contributed by atoms with E-state index < -0.39 is 16.6 Å². The molecule has 1 fully saturated rings. The highest BCUT2D eigenvalue weighted by Gasteiger charge is 2.28. The Morgan fingerprint density at radius 2 is 1.86 bits per heavy atom. The summed E-state index contributed by atoms with van der Waals surface area (Å²) in [6.45, 7) is 8.54. The van der Waals surface area contributed by atoms with Gasteiger partial charge in [0.25, 0.3) is 0 Å². The Bertz CT molecular complexity index is 435. The van der Waals surface area contributed by atoms with Crippen LogP contribution >= 0.6 is 11.0 Å². The number of benzene rings is 1. The van der Waals surface area contributed by atoms with Crippen molar-refractivity contribution in [3.05, 3.63) is 29.8 Å². The molecule has 124 valence electrons. The van der Waals surface area contributed by atoms with Gasteiger partial charge < -0.3 is 0 Å². The number of hydrogen-bond acceptors (Lipinski definition) is 6. The minimum absolute atomic E-state index is 0. The summed E-state index contributed by atoms with van der Waals surface area (Å²) in [7, 11) is -2.77. The predicted octanol–water partition coefficient (Wildman–Crippen LogP) is 3.90. The summed E-state index contributed by atoms with van der Waals surface area (Å²) < 4.78 is 23.6. The van der Waals surface area contributed by atoms with Gasteiger partial charge in [-0.05, 0) is 45.4 Å². The molecule has 0 saturated carbocycles. The SMILES string of the molecule is C.CC(C)(C)OO.Cc1cccc(N2CCNS2(O)O)c1. The largest absolute Gasteiger partial charge is 0.269 e. The monoisotopic (exact) mass is 320 g/mol. The van der Waals surface area contributed by atoms with Gasteiger partial charge in [-0.25, -0.2) is 4.89 Å². The molecule has 1 aromatic rings. The molecule has 7 heteroatoms. The van der Waals surface area contributed by atoms with Gasteiger partial charge in [0.1, 0.15) is 0 Å². The number of aryl methyl sites for hydroxylation is 1. The predicted molar refractivity (Wildman–Crippen MR) is 89.6 cm³/mol. The van der Waals surface area contributed by atoms with Crippen molar-refractivity contribution in [2.45, 2.75) is 40.7 Å². The first kappa shape index (κ1) is 20.2. The maximum absolute atomic E-state index is 9.65. The molecule has 0 spiro atoms. The normalized spacial score (nSPS) is 18.3. The van der Waals surface area contributed by atoms with E-state index in [0.29, 0.717) is 13.1 Å². The smallest absolute Gasteiger partial charge is 0.0949 e. The Kier molecular flexibility index (Phi) is 7.66. The summed E-state index contributed by atoms with van der Waals surface area (Å²) in [5.74, 6) is 0. The van der Waals surface area contributed by atoms with Gasteiger partial charge in [0.05, 0.1) is 17.8 Å². The van der Waals surface area contributed by atoms with Crippen LogP contribution in [0.1, 0.15) is 33.8 Å². The van der Waals surface area contributed by atoms with Crippen molar-refractivity contribution in [3.63, 3.8) is 0 Å². The van der Waals surface area contributed by atoms with Crippen molar-refractivity contribution in [1.82, 2.24) is 4.72 Å². The van der Waals surface area contributed by atoms with Crippen molar-refractivity contribution in [2.75, 3.05) is 17.4 Å². The molecule has 21 heavy (non-hydrogen) atoms. The molecule has 2 rings (SSSR count). The van der Waals surface area contributed by atoms with E-state index in [4.69, 9.17) is 5.26 Å². The first-order valence-electron chi connectivity index (χ1n) is 6.35. The molecule has 0 aromatic heterocycles. The Hall–Kier alpha value is -0.830. The summed E-state index contributed by atoms with van der Waals surface area (Å²) in [5.41, 5.74) is 1.57. The zero-order valence-corrected chi connectivity index (χ0v) is 13.1. The van der Waals surface area contributed by atoms with E-state index in [1.807, 2.05) is 31.2 Å². The summed E-state index contributed by atoms with van der Waals surface area (Å²) >= 11 is 0. The lowest BCUT2D eigenvalue weighted by Gasteiger charge is -2.37. The fourth-order valence-corrected chi connectivity index (χ4v) is 2.82. The molecule has 0 bridgehead atoms. The molecular weight excluding hydrogens is 292 g/mol. The molecule has 1 aromatic carbocycles. The van der Waals surface area contributed by atoms with Gasteiger partial charge in [-0.15, -0.1) is 0 Å². The zero-order chi connectivity index (χ0) is 15.4. The Balaban J connectivity index is 0.000000495. The molecule has 4 N–H and O–H groups in total. The van der Waals surface area contributed by atoms with E-state index >= 15 is 0 Å². The van der Waals surface area contributed by atoms with E-state index in [2.05, 4.69) is 9.61 Å². The molecule has 0 radical (unpaired) electrons. The Labute approximate surface area is 129 Å². The van der Waals surface area contributed by atoms with Crippen LogP contribution in [0.25, 0.3) is 0 Å². The van der Waals surface area contributed by atoms with Gasteiger partial charge >= 0.3 is 0 Å². The highest BCUT2D eigenvalue weighted by molar-refractivity contribution is 8.24. The van der Waals surface area contributed by atoms with Crippen molar-refractivity contribution >= 4 is 16.6 Å². The maximum atomic E-state index is 9.65. The van der Waals surface area contributed by atoms with Gasteiger partial charge in [0.2, 0.25) is 0 Å². The fraction of sp³-hybridized carbons (Fsp3) is 0.571. The highest BCUT2D eigenvalue weighted by atomic mass is 32.3. The number of nitrogens with one attached hydrogen (secondary N) is 1. The maximum Gasteiger partial charge on any atom is 0.0949 e. The third-order valence-electron chi connectivity index (χ3n) is 2.48. The lowest BCUT2D eigenvalue weighted by molar-refractivity contribution is -0.306. The second-order valence-corrected chi connectivity index (χ2v) is 7.32. The minimum atomic E-state index is -2.77. The van der Waals surface area contributed by atoms with Crippen molar-refractivity contribution < 1.29 is 19.3 Å². The number of nitrogens with zero attached hydrogens (tertiary/aromatic N) is 1. The van der Waals surface area contributed by atoms with Gasteiger partial charge in [-0.3, -0.25) is 18.7 Å². The molecule has 1 heterocycles. The van der Waals surface area contributed by atoms with E-state index in [0.717, 1.165) is 11.3 Å². The molecular formula is C14H28N2O4S.